The minimum Gasteiger partial charge on any atom is -0.355 e. The number of hydrogen-bond donors (Lipinski definition) is 2. The van der Waals surface area contributed by atoms with Crippen molar-refractivity contribution in [1.82, 2.24) is 45.6 Å². The van der Waals surface area contributed by atoms with E-state index in [2.05, 4.69) is 48.3 Å². The van der Waals surface area contributed by atoms with Gasteiger partial charge in [0, 0.05) is 42.6 Å². The zero-order valence-electron chi connectivity index (χ0n) is 20.4. The maximum absolute atomic E-state index is 12.8. The van der Waals surface area contributed by atoms with Crippen LogP contribution in [0.4, 0.5) is 5.82 Å². The second kappa shape index (κ2) is 9.91. The largest absolute Gasteiger partial charge is 0.355 e. The van der Waals surface area contributed by atoms with Crippen LogP contribution in [0.5, 0.6) is 0 Å². The molecule has 2 saturated heterocycles. The van der Waals surface area contributed by atoms with Crippen molar-refractivity contribution < 1.29 is 4.79 Å². The number of amides is 1. The van der Waals surface area contributed by atoms with Crippen LogP contribution in [0.3, 0.4) is 0 Å². The molecule has 2 fully saturated rings. The summed E-state index contributed by atoms with van der Waals surface area (Å²) in [5, 5.41) is 22.8. The van der Waals surface area contributed by atoms with E-state index in [9.17, 15) is 4.79 Å². The number of aryl methyl sites for hydroxylation is 1. The second-order valence-electron chi connectivity index (χ2n) is 9.57. The minimum atomic E-state index is -0.229. The number of nitrogens with zero attached hydrogens (tertiary/aromatic N) is 8. The number of halogens is 1. The van der Waals surface area contributed by atoms with Gasteiger partial charge >= 0.3 is 0 Å². The molecule has 11 nitrogen and oxygen atoms in total. The van der Waals surface area contributed by atoms with Gasteiger partial charge in [-0.25, -0.2) is 9.67 Å². The van der Waals surface area contributed by atoms with Crippen molar-refractivity contribution >= 4 is 23.3 Å². The first kappa shape index (κ1) is 23.6. The monoisotopic (exact) mass is 518 g/mol. The summed E-state index contributed by atoms with van der Waals surface area (Å²) in [7, 11) is 0. The van der Waals surface area contributed by atoms with Gasteiger partial charge in [0.15, 0.2) is 0 Å². The van der Waals surface area contributed by atoms with Crippen LogP contribution < -0.4 is 15.5 Å². The summed E-state index contributed by atoms with van der Waals surface area (Å²) in [5.41, 5.74) is 4.05. The fourth-order valence-electron chi connectivity index (χ4n) is 5.17. The first-order valence-corrected chi connectivity index (χ1v) is 12.7. The lowest BCUT2D eigenvalue weighted by molar-refractivity contribution is 0.0951. The third kappa shape index (κ3) is 4.92. The highest BCUT2D eigenvalue weighted by Gasteiger charge is 2.36. The van der Waals surface area contributed by atoms with Crippen LogP contribution in [0.15, 0.2) is 49.1 Å². The maximum Gasteiger partial charge on any atom is 0.254 e. The molecule has 37 heavy (non-hydrogen) atoms. The van der Waals surface area contributed by atoms with Crippen molar-refractivity contribution in [3.63, 3.8) is 0 Å². The Morgan fingerprint density at radius 1 is 1.22 bits per heavy atom. The number of carbonyl (C=O) groups excluding carboxylic acids is 1. The average Bonchev–Trinajstić information content (AvgIpc) is 3.69. The predicted molar refractivity (Wildman–Crippen MR) is 138 cm³/mol. The SMILES string of the molecule is Cc1nc(N2C[C@@H]3CCN[C@@H]3C2)ccc1Cn1cc(C(=O)NCc2cc(Cl)ccc2-n2cnnn2)cn1. The Morgan fingerprint density at radius 2 is 2.14 bits per heavy atom. The number of hydrogen-bond acceptors (Lipinski definition) is 8. The molecule has 6 rings (SSSR count). The molecule has 2 aliphatic heterocycles. The smallest absolute Gasteiger partial charge is 0.254 e. The number of carbonyl (C=O) groups is 1. The zero-order valence-corrected chi connectivity index (χ0v) is 21.1. The van der Waals surface area contributed by atoms with Gasteiger partial charge in [0.25, 0.3) is 5.91 Å². The Bertz CT molecular complexity index is 1410. The molecular weight excluding hydrogens is 492 g/mol. The normalized spacial score (nSPS) is 18.8. The molecule has 5 heterocycles. The van der Waals surface area contributed by atoms with Crippen molar-refractivity contribution in [2.24, 2.45) is 5.92 Å². The van der Waals surface area contributed by atoms with Crippen LogP contribution in [-0.2, 0) is 13.1 Å². The van der Waals surface area contributed by atoms with Gasteiger partial charge in [-0.05, 0) is 71.6 Å². The molecular formula is C25H27ClN10O. The molecule has 2 N–H and O–H groups in total. The van der Waals surface area contributed by atoms with Gasteiger partial charge in [0.1, 0.15) is 12.1 Å². The number of benzene rings is 1. The van der Waals surface area contributed by atoms with E-state index in [1.807, 2.05) is 13.0 Å². The first-order chi connectivity index (χ1) is 18.0. The van der Waals surface area contributed by atoms with Gasteiger partial charge < -0.3 is 15.5 Å². The first-order valence-electron chi connectivity index (χ1n) is 12.3. The fraction of sp³-hybridized carbons (Fsp3) is 0.360. The highest BCUT2D eigenvalue weighted by molar-refractivity contribution is 6.30. The molecule has 1 amide bonds. The average molecular weight is 519 g/mol. The molecule has 190 valence electrons. The molecule has 1 aromatic carbocycles. The van der Waals surface area contributed by atoms with Crippen molar-refractivity contribution in [2.45, 2.75) is 32.5 Å². The summed E-state index contributed by atoms with van der Waals surface area (Å²) in [6.07, 6.45) is 6.06. The van der Waals surface area contributed by atoms with Crippen molar-refractivity contribution in [2.75, 3.05) is 24.5 Å². The Hall–Kier alpha value is -3.83. The molecule has 0 spiro atoms. The lowest BCUT2D eigenvalue weighted by atomic mass is 10.1. The quantitative estimate of drug-likeness (QED) is 0.381. The van der Waals surface area contributed by atoms with Crippen LogP contribution in [0.1, 0.15) is 33.6 Å². The van der Waals surface area contributed by atoms with E-state index in [-0.39, 0.29) is 12.5 Å². The van der Waals surface area contributed by atoms with Gasteiger partial charge in [-0.3, -0.25) is 9.48 Å². The number of rotatable bonds is 7. The minimum absolute atomic E-state index is 0.229. The van der Waals surface area contributed by atoms with Gasteiger partial charge in [-0.15, -0.1) is 5.10 Å². The molecule has 2 aliphatic rings. The van der Waals surface area contributed by atoms with Crippen LogP contribution in [0, 0.1) is 12.8 Å². The molecule has 0 saturated carbocycles. The number of pyridine rings is 1. The lowest BCUT2D eigenvalue weighted by Gasteiger charge is -2.19. The molecule has 4 aromatic rings. The standard InChI is InChI=1S/C25H27ClN10O/c1-16-17(2-5-24(31-16)34-11-18-6-7-27-22(18)14-34)12-35-13-20(10-30-35)25(37)28-9-19-8-21(26)3-4-23(19)36-15-29-32-33-36/h2-5,8,10,13,15,18,22,27H,6-7,9,11-12,14H2,1H3,(H,28,37)/t18-,22+/m0/s1. The van der Waals surface area contributed by atoms with E-state index in [0.717, 1.165) is 53.9 Å². The van der Waals surface area contributed by atoms with E-state index in [1.165, 1.54) is 17.4 Å². The van der Waals surface area contributed by atoms with Crippen molar-refractivity contribution in [1.29, 1.82) is 0 Å². The number of aromatic nitrogens is 7. The van der Waals surface area contributed by atoms with E-state index < -0.39 is 0 Å². The molecule has 2 atom stereocenters. The van der Waals surface area contributed by atoms with Crippen molar-refractivity contribution in [3.8, 4) is 5.69 Å². The molecule has 0 aliphatic carbocycles. The van der Waals surface area contributed by atoms with Crippen LogP contribution in [0.25, 0.3) is 5.69 Å². The van der Waals surface area contributed by atoms with E-state index >= 15 is 0 Å². The number of fused-ring (bicyclic) bond motifs is 1. The second-order valence-corrected chi connectivity index (χ2v) is 10.0. The summed E-state index contributed by atoms with van der Waals surface area (Å²) < 4.78 is 3.29. The predicted octanol–water partition coefficient (Wildman–Crippen LogP) is 1.99. The van der Waals surface area contributed by atoms with Gasteiger partial charge in [-0.1, -0.05) is 17.7 Å². The number of tetrazole rings is 1. The van der Waals surface area contributed by atoms with E-state index in [4.69, 9.17) is 16.6 Å². The highest BCUT2D eigenvalue weighted by atomic mass is 35.5. The maximum atomic E-state index is 12.8. The number of nitrogens with one attached hydrogen (secondary N) is 2. The Morgan fingerprint density at radius 3 is 2.95 bits per heavy atom. The zero-order chi connectivity index (χ0) is 25.4. The van der Waals surface area contributed by atoms with E-state index in [1.54, 1.807) is 29.2 Å². The Kier molecular flexibility index (Phi) is 6.31. The van der Waals surface area contributed by atoms with Gasteiger partial charge in [-0.2, -0.15) is 5.10 Å². The summed E-state index contributed by atoms with van der Waals surface area (Å²) >= 11 is 6.17. The summed E-state index contributed by atoms with van der Waals surface area (Å²) in [4.78, 5) is 20.1. The molecule has 3 aromatic heterocycles. The fourth-order valence-corrected chi connectivity index (χ4v) is 5.36. The molecule has 0 radical (unpaired) electrons. The van der Waals surface area contributed by atoms with Crippen LogP contribution >= 0.6 is 11.6 Å². The van der Waals surface area contributed by atoms with Gasteiger partial charge in [0.2, 0.25) is 0 Å². The van der Waals surface area contributed by atoms with Crippen LogP contribution in [-0.4, -0.2) is 66.6 Å². The molecule has 0 bridgehead atoms. The van der Waals surface area contributed by atoms with Crippen molar-refractivity contribution in [3.05, 3.63) is 76.5 Å². The Labute approximate surface area is 218 Å². The summed E-state index contributed by atoms with van der Waals surface area (Å²) in [6, 6.07) is 10.1. The topological polar surface area (TPSA) is 119 Å². The van der Waals surface area contributed by atoms with Gasteiger partial charge in [0.05, 0.1) is 24.0 Å². The lowest BCUT2D eigenvalue weighted by Crippen LogP contribution is -2.30. The third-order valence-electron chi connectivity index (χ3n) is 7.17. The summed E-state index contributed by atoms with van der Waals surface area (Å²) in [5.74, 6) is 1.52. The highest BCUT2D eigenvalue weighted by Crippen LogP contribution is 2.28. The van der Waals surface area contributed by atoms with Crippen LogP contribution in [0.2, 0.25) is 5.02 Å². The Balaban J connectivity index is 1.09. The van der Waals surface area contributed by atoms with E-state index in [0.29, 0.717) is 23.2 Å². The summed E-state index contributed by atoms with van der Waals surface area (Å²) in [6.45, 7) is 6.03. The third-order valence-corrected chi connectivity index (χ3v) is 7.41. The number of anilines is 1. The molecule has 12 heteroatoms. The molecule has 0 unspecified atom stereocenters.